The lowest BCUT2D eigenvalue weighted by molar-refractivity contribution is 1.07. The molecule has 0 fully saturated rings. The standard InChI is InChI=1S/C16H18N6/c1-4-17-16-15-13(18-7-8-19-15)9-12(21-16)11-5-6-14(20-10-11)22(2)3/h5-10H,4H2,1-3H3,(H,17,21). The van der Waals surface area contributed by atoms with Gasteiger partial charge in [-0.15, -0.1) is 0 Å². The maximum Gasteiger partial charge on any atom is 0.154 e. The Morgan fingerprint density at radius 3 is 2.59 bits per heavy atom. The van der Waals surface area contributed by atoms with Crippen LogP contribution in [-0.4, -0.2) is 40.6 Å². The van der Waals surface area contributed by atoms with Gasteiger partial charge in [0.05, 0.1) is 11.2 Å². The molecular weight excluding hydrogens is 276 g/mol. The van der Waals surface area contributed by atoms with Gasteiger partial charge in [-0.25, -0.2) is 15.0 Å². The molecule has 0 aliphatic heterocycles. The molecule has 3 rings (SSSR count). The van der Waals surface area contributed by atoms with Crippen molar-refractivity contribution in [3.8, 4) is 11.3 Å². The van der Waals surface area contributed by atoms with E-state index >= 15 is 0 Å². The van der Waals surface area contributed by atoms with Crippen molar-refractivity contribution in [2.45, 2.75) is 6.92 Å². The van der Waals surface area contributed by atoms with E-state index in [1.54, 1.807) is 12.4 Å². The molecule has 0 aliphatic rings. The van der Waals surface area contributed by atoms with Crippen LogP contribution in [0.3, 0.4) is 0 Å². The van der Waals surface area contributed by atoms with E-state index in [-0.39, 0.29) is 0 Å². The van der Waals surface area contributed by atoms with Gasteiger partial charge >= 0.3 is 0 Å². The summed E-state index contributed by atoms with van der Waals surface area (Å²) in [5.41, 5.74) is 3.39. The monoisotopic (exact) mass is 294 g/mol. The first-order valence-electron chi connectivity index (χ1n) is 7.18. The summed E-state index contributed by atoms with van der Waals surface area (Å²) in [6.07, 6.45) is 5.20. The minimum absolute atomic E-state index is 0.750. The molecule has 3 heterocycles. The molecule has 0 spiro atoms. The maximum absolute atomic E-state index is 4.67. The Kier molecular flexibility index (Phi) is 3.82. The van der Waals surface area contributed by atoms with Crippen LogP contribution in [-0.2, 0) is 0 Å². The van der Waals surface area contributed by atoms with Crippen molar-refractivity contribution in [1.82, 2.24) is 19.9 Å². The predicted octanol–water partition coefficient (Wildman–Crippen LogP) is 2.58. The van der Waals surface area contributed by atoms with Gasteiger partial charge in [0.15, 0.2) is 5.82 Å². The van der Waals surface area contributed by atoms with E-state index in [0.717, 1.165) is 40.5 Å². The molecule has 6 heteroatoms. The summed E-state index contributed by atoms with van der Waals surface area (Å²) in [6.45, 7) is 2.81. The zero-order chi connectivity index (χ0) is 15.5. The van der Waals surface area contributed by atoms with Gasteiger partial charge in [0.25, 0.3) is 0 Å². The molecule has 0 aromatic carbocycles. The van der Waals surface area contributed by atoms with Crippen molar-refractivity contribution in [2.75, 3.05) is 30.9 Å². The van der Waals surface area contributed by atoms with Crippen LogP contribution in [0.5, 0.6) is 0 Å². The maximum atomic E-state index is 4.67. The van der Waals surface area contributed by atoms with Crippen LogP contribution in [0.4, 0.5) is 11.6 Å². The molecule has 3 aromatic heterocycles. The number of rotatable bonds is 4. The largest absolute Gasteiger partial charge is 0.368 e. The molecular formula is C16H18N6. The third-order valence-corrected chi connectivity index (χ3v) is 3.30. The average molecular weight is 294 g/mol. The SMILES string of the molecule is CCNc1nc(-c2ccc(N(C)C)nc2)cc2nccnc12. The summed E-state index contributed by atoms with van der Waals surface area (Å²) in [7, 11) is 3.93. The summed E-state index contributed by atoms with van der Waals surface area (Å²) >= 11 is 0. The Balaban J connectivity index is 2.10. The molecule has 0 atom stereocenters. The number of pyridine rings is 2. The number of fused-ring (bicyclic) bond motifs is 1. The summed E-state index contributed by atoms with van der Waals surface area (Å²) < 4.78 is 0. The lowest BCUT2D eigenvalue weighted by atomic mass is 10.1. The third-order valence-electron chi connectivity index (χ3n) is 3.30. The Hall–Kier alpha value is -2.76. The van der Waals surface area contributed by atoms with Crippen molar-refractivity contribution in [3.05, 3.63) is 36.8 Å². The molecule has 22 heavy (non-hydrogen) atoms. The highest BCUT2D eigenvalue weighted by Crippen LogP contribution is 2.25. The zero-order valence-corrected chi connectivity index (χ0v) is 12.9. The summed E-state index contributed by atoms with van der Waals surface area (Å²) in [4.78, 5) is 19.8. The first-order chi connectivity index (χ1) is 10.7. The zero-order valence-electron chi connectivity index (χ0n) is 12.9. The fourth-order valence-electron chi connectivity index (χ4n) is 2.21. The van der Waals surface area contributed by atoms with Gasteiger partial charge in [0.2, 0.25) is 0 Å². The van der Waals surface area contributed by atoms with Crippen LogP contribution >= 0.6 is 0 Å². The summed E-state index contributed by atoms with van der Waals surface area (Å²) in [5.74, 6) is 1.66. The molecule has 0 aliphatic carbocycles. The van der Waals surface area contributed by atoms with Crippen LogP contribution in [0, 0.1) is 0 Å². The van der Waals surface area contributed by atoms with Gasteiger partial charge in [0, 0.05) is 44.8 Å². The van der Waals surface area contributed by atoms with Crippen LogP contribution in [0.15, 0.2) is 36.8 Å². The van der Waals surface area contributed by atoms with Crippen molar-refractivity contribution >= 4 is 22.7 Å². The lowest BCUT2D eigenvalue weighted by Crippen LogP contribution is -2.10. The highest BCUT2D eigenvalue weighted by molar-refractivity contribution is 5.88. The van der Waals surface area contributed by atoms with Crippen molar-refractivity contribution in [1.29, 1.82) is 0 Å². The molecule has 0 saturated carbocycles. The molecule has 3 aromatic rings. The molecule has 0 unspecified atom stereocenters. The fourth-order valence-corrected chi connectivity index (χ4v) is 2.21. The first kappa shape index (κ1) is 14.2. The molecule has 0 saturated heterocycles. The number of hydrogen-bond acceptors (Lipinski definition) is 6. The second kappa shape index (κ2) is 5.93. The average Bonchev–Trinajstić information content (AvgIpc) is 2.55. The van der Waals surface area contributed by atoms with Gasteiger partial charge < -0.3 is 10.2 Å². The van der Waals surface area contributed by atoms with Gasteiger partial charge in [-0.1, -0.05) is 0 Å². The first-order valence-corrected chi connectivity index (χ1v) is 7.18. The fraction of sp³-hybridized carbons (Fsp3) is 0.250. The van der Waals surface area contributed by atoms with Crippen LogP contribution in [0.1, 0.15) is 6.92 Å². The highest BCUT2D eigenvalue weighted by Gasteiger charge is 2.09. The molecule has 0 amide bonds. The molecule has 1 N–H and O–H groups in total. The van der Waals surface area contributed by atoms with E-state index < -0.39 is 0 Å². The minimum atomic E-state index is 0.750. The second-order valence-corrected chi connectivity index (χ2v) is 5.11. The normalized spacial score (nSPS) is 10.7. The summed E-state index contributed by atoms with van der Waals surface area (Å²) in [5, 5.41) is 3.25. The van der Waals surface area contributed by atoms with E-state index in [9.17, 15) is 0 Å². The van der Waals surface area contributed by atoms with Crippen LogP contribution in [0.25, 0.3) is 22.3 Å². The van der Waals surface area contributed by atoms with E-state index in [4.69, 9.17) is 0 Å². The topological polar surface area (TPSA) is 66.8 Å². The number of aromatic nitrogens is 4. The van der Waals surface area contributed by atoms with Gasteiger partial charge in [0.1, 0.15) is 11.3 Å². The quantitative estimate of drug-likeness (QED) is 0.797. The van der Waals surface area contributed by atoms with Crippen LogP contribution < -0.4 is 10.2 Å². The van der Waals surface area contributed by atoms with Crippen LogP contribution in [0.2, 0.25) is 0 Å². The Morgan fingerprint density at radius 1 is 1.09 bits per heavy atom. The number of hydrogen-bond donors (Lipinski definition) is 1. The molecule has 0 bridgehead atoms. The minimum Gasteiger partial charge on any atom is -0.368 e. The number of nitrogens with one attached hydrogen (secondary N) is 1. The Bertz CT molecular complexity index is 782. The molecule has 6 nitrogen and oxygen atoms in total. The van der Waals surface area contributed by atoms with Gasteiger partial charge in [-0.2, -0.15) is 0 Å². The number of anilines is 2. The molecule has 112 valence electrons. The van der Waals surface area contributed by atoms with E-state index in [2.05, 4.69) is 25.3 Å². The van der Waals surface area contributed by atoms with E-state index in [0.29, 0.717) is 0 Å². The van der Waals surface area contributed by atoms with E-state index in [1.807, 2.05) is 50.3 Å². The summed E-state index contributed by atoms with van der Waals surface area (Å²) in [6, 6.07) is 5.93. The lowest BCUT2D eigenvalue weighted by Gasteiger charge is -2.12. The van der Waals surface area contributed by atoms with Gasteiger partial charge in [-0.05, 0) is 25.1 Å². The Labute approximate surface area is 129 Å². The van der Waals surface area contributed by atoms with Crippen molar-refractivity contribution in [3.63, 3.8) is 0 Å². The highest BCUT2D eigenvalue weighted by atomic mass is 15.1. The van der Waals surface area contributed by atoms with Crippen molar-refractivity contribution in [2.24, 2.45) is 0 Å². The smallest absolute Gasteiger partial charge is 0.154 e. The number of nitrogens with zero attached hydrogens (tertiary/aromatic N) is 5. The predicted molar refractivity (Wildman–Crippen MR) is 89.1 cm³/mol. The third kappa shape index (κ3) is 2.67. The Morgan fingerprint density at radius 2 is 1.91 bits per heavy atom. The van der Waals surface area contributed by atoms with E-state index in [1.165, 1.54) is 0 Å². The molecule has 0 radical (unpaired) electrons. The second-order valence-electron chi connectivity index (χ2n) is 5.11. The van der Waals surface area contributed by atoms with Crippen molar-refractivity contribution < 1.29 is 0 Å². The van der Waals surface area contributed by atoms with Gasteiger partial charge in [-0.3, -0.25) is 4.98 Å².